The van der Waals surface area contributed by atoms with Gasteiger partial charge >= 0.3 is 0 Å². The first kappa shape index (κ1) is 15.9. The van der Waals surface area contributed by atoms with Crippen molar-refractivity contribution in [2.24, 2.45) is 5.92 Å². The van der Waals surface area contributed by atoms with E-state index in [2.05, 4.69) is 13.8 Å². The number of unbranched alkanes of at least 4 members (excludes halogenated alkanes) is 3. The van der Waals surface area contributed by atoms with Gasteiger partial charge in [-0.05, 0) is 36.6 Å². The summed E-state index contributed by atoms with van der Waals surface area (Å²) in [5.74, 6) is 2.00. The third kappa shape index (κ3) is 7.76. The van der Waals surface area contributed by atoms with Crippen molar-refractivity contribution in [1.82, 2.24) is 0 Å². The number of benzene rings is 1. The maximum Gasteiger partial charge on any atom is 0.119 e. The van der Waals surface area contributed by atoms with Crippen LogP contribution in [0.3, 0.4) is 0 Å². The molecule has 0 aromatic heterocycles. The van der Waals surface area contributed by atoms with Gasteiger partial charge in [-0.3, -0.25) is 0 Å². The highest BCUT2D eigenvalue weighted by Gasteiger charge is 2.01. The van der Waals surface area contributed by atoms with E-state index in [1.54, 1.807) is 12.1 Å². The Balaban J connectivity index is 1.98. The van der Waals surface area contributed by atoms with E-state index in [0.717, 1.165) is 24.7 Å². The molecule has 0 heterocycles. The Morgan fingerprint density at radius 3 is 2.37 bits per heavy atom. The van der Waals surface area contributed by atoms with Crippen LogP contribution in [0, 0.1) is 5.92 Å². The van der Waals surface area contributed by atoms with Gasteiger partial charge in [-0.15, -0.1) is 0 Å². The predicted octanol–water partition coefficient (Wildman–Crippen LogP) is 5.16. The van der Waals surface area contributed by atoms with Gasteiger partial charge in [0.25, 0.3) is 0 Å². The highest BCUT2D eigenvalue weighted by molar-refractivity contribution is 5.29. The van der Waals surface area contributed by atoms with Crippen molar-refractivity contribution in [3.8, 4) is 11.5 Å². The summed E-state index contributed by atoms with van der Waals surface area (Å²) in [6, 6.07) is 6.93. The highest BCUT2D eigenvalue weighted by atomic mass is 16.5. The van der Waals surface area contributed by atoms with E-state index < -0.39 is 0 Å². The van der Waals surface area contributed by atoms with Gasteiger partial charge < -0.3 is 9.84 Å². The van der Waals surface area contributed by atoms with E-state index in [1.807, 2.05) is 12.1 Å². The molecule has 1 atom stereocenters. The Bertz CT molecular complexity index is 319. The summed E-state index contributed by atoms with van der Waals surface area (Å²) in [7, 11) is 0. The van der Waals surface area contributed by atoms with Gasteiger partial charge in [0.2, 0.25) is 0 Å². The summed E-state index contributed by atoms with van der Waals surface area (Å²) in [5.41, 5.74) is 0. The van der Waals surface area contributed by atoms with E-state index in [1.165, 1.54) is 38.5 Å². The molecular formula is C17H28O2. The number of phenolic OH excluding ortho intramolecular Hbond substituents is 1. The molecule has 1 rings (SSSR count). The molecule has 0 radical (unpaired) electrons. The average Bonchev–Trinajstić information content (AvgIpc) is 2.42. The molecule has 1 aromatic carbocycles. The van der Waals surface area contributed by atoms with Gasteiger partial charge in [0.15, 0.2) is 0 Å². The van der Waals surface area contributed by atoms with Crippen molar-refractivity contribution in [2.45, 2.75) is 58.8 Å². The molecule has 0 aliphatic heterocycles. The lowest BCUT2D eigenvalue weighted by Gasteiger charge is -2.10. The molecule has 0 amide bonds. The molecule has 2 nitrogen and oxygen atoms in total. The topological polar surface area (TPSA) is 29.5 Å². The minimum absolute atomic E-state index is 0.286. The molecule has 19 heavy (non-hydrogen) atoms. The largest absolute Gasteiger partial charge is 0.508 e. The Kier molecular flexibility index (Phi) is 8.11. The number of aromatic hydroxyl groups is 1. The van der Waals surface area contributed by atoms with Crippen LogP contribution in [0.5, 0.6) is 11.5 Å². The van der Waals surface area contributed by atoms with Crippen LogP contribution >= 0.6 is 0 Å². The summed E-state index contributed by atoms with van der Waals surface area (Å²) < 4.78 is 5.62. The molecule has 1 N–H and O–H groups in total. The maximum atomic E-state index is 9.16. The number of rotatable bonds is 10. The maximum absolute atomic E-state index is 9.16. The summed E-state index contributed by atoms with van der Waals surface area (Å²) in [4.78, 5) is 0. The van der Waals surface area contributed by atoms with Crippen LogP contribution in [0.25, 0.3) is 0 Å². The van der Waals surface area contributed by atoms with Crippen LogP contribution < -0.4 is 4.74 Å². The van der Waals surface area contributed by atoms with Crippen LogP contribution in [0.1, 0.15) is 58.8 Å². The molecule has 2 heteroatoms. The lowest BCUT2D eigenvalue weighted by Crippen LogP contribution is -1.99. The zero-order valence-electron chi connectivity index (χ0n) is 12.4. The van der Waals surface area contributed by atoms with Gasteiger partial charge in [0, 0.05) is 0 Å². The van der Waals surface area contributed by atoms with Crippen molar-refractivity contribution in [2.75, 3.05) is 6.61 Å². The smallest absolute Gasteiger partial charge is 0.119 e. The summed E-state index contributed by atoms with van der Waals surface area (Å²) in [6.07, 6.45) is 9.06. The van der Waals surface area contributed by atoms with E-state index in [-0.39, 0.29) is 5.75 Å². The van der Waals surface area contributed by atoms with Gasteiger partial charge in [-0.2, -0.15) is 0 Å². The Labute approximate surface area is 117 Å². The van der Waals surface area contributed by atoms with Gasteiger partial charge in [0.05, 0.1) is 6.61 Å². The number of hydrogen-bond donors (Lipinski definition) is 1. The van der Waals surface area contributed by atoms with Crippen LogP contribution in [0.4, 0.5) is 0 Å². The number of phenols is 1. The first-order valence-electron chi connectivity index (χ1n) is 7.64. The van der Waals surface area contributed by atoms with E-state index >= 15 is 0 Å². The Morgan fingerprint density at radius 2 is 1.68 bits per heavy atom. The quantitative estimate of drug-likeness (QED) is 0.592. The van der Waals surface area contributed by atoms with Crippen molar-refractivity contribution < 1.29 is 9.84 Å². The van der Waals surface area contributed by atoms with Crippen molar-refractivity contribution in [3.05, 3.63) is 24.3 Å². The highest BCUT2D eigenvalue weighted by Crippen LogP contribution is 2.18. The lowest BCUT2D eigenvalue weighted by molar-refractivity contribution is 0.301. The van der Waals surface area contributed by atoms with Crippen molar-refractivity contribution in [1.29, 1.82) is 0 Å². The molecule has 0 fully saturated rings. The second kappa shape index (κ2) is 9.71. The van der Waals surface area contributed by atoms with Crippen molar-refractivity contribution in [3.63, 3.8) is 0 Å². The third-order valence-electron chi connectivity index (χ3n) is 3.50. The summed E-state index contributed by atoms with van der Waals surface area (Å²) in [5, 5.41) is 9.16. The molecular weight excluding hydrogens is 236 g/mol. The second-order valence-corrected chi connectivity index (χ2v) is 5.44. The zero-order chi connectivity index (χ0) is 13.9. The third-order valence-corrected chi connectivity index (χ3v) is 3.50. The standard InChI is InChI=1S/C17H28O2/c1-3-4-8-15(2)9-6-5-7-14-19-17-12-10-16(18)11-13-17/h10-13,15,18H,3-9,14H2,1-2H3. The summed E-state index contributed by atoms with van der Waals surface area (Å²) in [6.45, 7) is 5.39. The fourth-order valence-electron chi connectivity index (χ4n) is 2.20. The number of ether oxygens (including phenoxy) is 1. The van der Waals surface area contributed by atoms with Gasteiger partial charge in [-0.1, -0.05) is 52.4 Å². The zero-order valence-corrected chi connectivity index (χ0v) is 12.4. The molecule has 0 saturated heterocycles. The van der Waals surface area contributed by atoms with E-state index in [9.17, 15) is 0 Å². The van der Waals surface area contributed by atoms with Crippen LogP contribution in [0.2, 0.25) is 0 Å². The summed E-state index contributed by atoms with van der Waals surface area (Å²) >= 11 is 0. The number of hydrogen-bond acceptors (Lipinski definition) is 2. The fourth-order valence-corrected chi connectivity index (χ4v) is 2.20. The minimum atomic E-state index is 0.286. The molecule has 1 aromatic rings. The van der Waals surface area contributed by atoms with Crippen LogP contribution in [0.15, 0.2) is 24.3 Å². The SMILES string of the molecule is CCCCC(C)CCCCCOc1ccc(O)cc1. The normalized spacial score (nSPS) is 12.3. The lowest BCUT2D eigenvalue weighted by atomic mass is 9.98. The van der Waals surface area contributed by atoms with Gasteiger partial charge in [0.1, 0.15) is 11.5 Å². The molecule has 0 aliphatic carbocycles. The fraction of sp³-hybridized carbons (Fsp3) is 0.647. The molecule has 1 unspecified atom stereocenters. The van der Waals surface area contributed by atoms with Crippen LogP contribution in [-0.2, 0) is 0 Å². The molecule has 0 spiro atoms. The van der Waals surface area contributed by atoms with E-state index in [0.29, 0.717) is 0 Å². The molecule has 0 aliphatic rings. The van der Waals surface area contributed by atoms with Crippen molar-refractivity contribution >= 4 is 0 Å². The van der Waals surface area contributed by atoms with E-state index in [4.69, 9.17) is 9.84 Å². The molecule has 108 valence electrons. The van der Waals surface area contributed by atoms with Gasteiger partial charge in [-0.25, -0.2) is 0 Å². The monoisotopic (exact) mass is 264 g/mol. The Hall–Kier alpha value is -1.18. The first-order chi connectivity index (χ1) is 9.22. The molecule has 0 saturated carbocycles. The molecule has 0 bridgehead atoms. The predicted molar refractivity (Wildman–Crippen MR) is 80.8 cm³/mol. The second-order valence-electron chi connectivity index (χ2n) is 5.44. The minimum Gasteiger partial charge on any atom is -0.508 e. The average molecular weight is 264 g/mol. The first-order valence-corrected chi connectivity index (χ1v) is 7.64. The van der Waals surface area contributed by atoms with Crippen LogP contribution in [-0.4, -0.2) is 11.7 Å². The Morgan fingerprint density at radius 1 is 1.00 bits per heavy atom.